The maximum Gasteiger partial charge on any atom is 0.287 e. The normalized spacial score (nSPS) is 33.3. The molecule has 1 atom stereocenters. The molecule has 4 aliphatic rings. The van der Waals surface area contributed by atoms with Crippen molar-refractivity contribution < 1.29 is 9.21 Å². The van der Waals surface area contributed by atoms with E-state index in [1.807, 2.05) is 6.07 Å². The Morgan fingerprint density at radius 1 is 1.12 bits per heavy atom. The molecule has 0 unspecified atom stereocenters. The van der Waals surface area contributed by atoms with Gasteiger partial charge < -0.3 is 9.73 Å². The number of para-hydroxylation sites is 1. The van der Waals surface area contributed by atoms with Gasteiger partial charge in [0.25, 0.3) is 5.91 Å². The van der Waals surface area contributed by atoms with Crippen molar-refractivity contribution in [2.75, 3.05) is 0 Å². The molecule has 0 saturated heterocycles. The fourth-order valence-corrected chi connectivity index (χ4v) is 6.34. The highest BCUT2D eigenvalue weighted by molar-refractivity contribution is 5.93. The Labute approximate surface area is 153 Å². The zero-order valence-electron chi connectivity index (χ0n) is 15.2. The van der Waals surface area contributed by atoms with Gasteiger partial charge in [-0.25, -0.2) is 0 Å². The molecule has 4 bridgehead atoms. The monoisotopic (exact) mass is 351 g/mol. The van der Waals surface area contributed by atoms with Crippen LogP contribution < -0.4 is 10.7 Å². The number of carbonyl (C=O) groups excluding carboxylic acids is 1. The summed E-state index contributed by atoms with van der Waals surface area (Å²) in [6.07, 6.45) is 7.88. The second-order valence-corrected chi connectivity index (χ2v) is 8.95. The van der Waals surface area contributed by atoms with Crippen molar-refractivity contribution in [3.63, 3.8) is 0 Å². The molecule has 1 aromatic heterocycles. The Morgan fingerprint density at radius 3 is 2.38 bits per heavy atom. The first-order valence-corrected chi connectivity index (χ1v) is 9.86. The van der Waals surface area contributed by atoms with Crippen LogP contribution in [0.15, 0.2) is 39.5 Å². The number of hydrogen-bond donors (Lipinski definition) is 1. The quantitative estimate of drug-likeness (QED) is 0.904. The van der Waals surface area contributed by atoms with Crippen LogP contribution in [0.2, 0.25) is 0 Å². The molecule has 4 nitrogen and oxygen atoms in total. The number of hydrogen-bond acceptors (Lipinski definition) is 3. The molecule has 1 aromatic carbocycles. The minimum absolute atomic E-state index is 0.111. The van der Waals surface area contributed by atoms with Crippen molar-refractivity contribution in [2.24, 2.45) is 23.2 Å². The van der Waals surface area contributed by atoms with Crippen LogP contribution >= 0.6 is 0 Å². The molecule has 1 amide bonds. The van der Waals surface area contributed by atoms with Crippen LogP contribution in [-0.4, -0.2) is 11.9 Å². The van der Waals surface area contributed by atoms with Gasteiger partial charge in [0.2, 0.25) is 0 Å². The highest BCUT2D eigenvalue weighted by atomic mass is 16.3. The van der Waals surface area contributed by atoms with Gasteiger partial charge >= 0.3 is 0 Å². The fraction of sp³-hybridized carbons (Fsp3) is 0.545. The number of amides is 1. The van der Waals surface area contributed by atoms with E-state index in [0.717, 1.165) is 17.8 Å². The van der Waals surface area contributed by atoms with E-state index in [1.54, 1.807) is 18.2 Å². The molecule has 1 heterocycles. The molecule has 6 rings (SSSR count). The third-order valence-corrected chi connectivity index (χ3v) is 7.21. The molecule has 1 N–H and O–H groups in total. The third kappa shape index (κ3) is 2.50. The smallest absolute Gasteiger partial charge is 0.287 e. The van der Waals surface area contributed by atoms with Gasteiger partial charge in [-0.15, -0.1) is 0 Å². The van der Waals surface area contributed by atoms with Gasteiger partial charge in [0, 0.05) is 12.1 Å². The van der Waals surface area contributed by atoms with Crippen LogP contribution in [0, 0.1) is 23.2 Å². The molecule has 136 valence electrons. The van der Waals surface area contributed by atoms with Gasteiger partial charge in [-0.2, -0.15) is 0 Å². The Kier molecular flexibility index (Phi) is 3.53. The number of rotatable bonds is 3. The predicted molar refractivity (Wildman–Crippen MR) is 100 cm³/mol. The van der Waals surface area contributed by atoms with Crippen molar-refractivity contribution in [1.82, 2.24) is 5.32 Å². The molecule has 0 radical (unpaired) electrons. The van der Waals surface area contributed by atoms with Crippen LogP contribution in [0.4, 0.5) is 0 Å². The Bertz CT molecular complexity index is 893. The summed E-state index contributed by atoms with van der Waals surface area (Å²) in [6, 6.07) is 8.50. The van der Waals surface area contributed by atoms with Gasteiger partial charge in [-0.1, -0.05) is 12.1 Å². The van der Waals surface area contributed by atoms with Crippen molar-refractivity contribution >= 4 is 16.9 Å². The predicted octanol–water partition coefficient (Wildman–Crippen LogP) is 4.13. The first-order chi connectivity index (χ1) is 12.5. The first kappa shape index (κ1) is 16.1. The molecule has 2 aromatic rings. The lowest BCUT2D eigenvalue weighted by Crippen LogP contribution is -2.55. The van der Waals surface area contributed by atoms with Crippen LogP contribution in [-0.2, 0) is 0 Å². The van der Waals surface area contributed by atoms with E-state index < -0.39 is 0 Å². The van der Waals surface area contributed by atoms with Crippen molar-refractivity contribution in [2.45, 2.75) is 51.5 Å². The summed E-state index contributed by atoms with van der Waals surface area (Å²) in [4.78, 5) is 25.1. The van der Waals surface area contributed by atoms with Gasteiger partial charge in [-0.05, 0) is 80.8 Å². The average molecular weight is 351 g/mol. The molecule has 26 heavy (non-hydrogen) atoms. The van der Waals surface area contributed by atoms with Crippen LogP contribution in [0.25, 0.3) is 11.0 Å². The minimum atomic E-state index is -0.268. The van der Waals surface area contributed by atoms with Crippen LogP contribution in [0.3, 0.4) is 0 Å². The maximum absolute atomic E-state index is 12.8. The lowest BCUT2D eigenvalue weighted by Gasteiger charge is -2.59. The summed E-state index contributed by atoms with van der Waals surface area (Å²) in [5.74, 6) is 2.39. The highest BCUT2D eigenvalue weighted by Gasteiger charge is 2.53. The topological polar surface area (TPSA) is 59.3 Å². The zero-order chi connectivity index (χ0) is 17.9. The van der Waals surface area contributed by atoms with Gasteiger partial charge in [0.15, 0.2) is 11.2 Å². The molecule has 4 saturated carbocycles. The molecule has 4 fully saturated rings. The molecule has 4 heteroatoms. The number of benzene rings is 1. The summed E-state index contributed by atoms with van der Waals surface area (Å²) in [5.41, 5.74) is 0.536. The van der Waals surface area contributed by atoms with Crippen molar-refractivity contribution in [1.29, 1.82) is 0 Å². The molecule has 0 aliphatic heterocycles. The van der Waals surface area contributed by atoms with Crippen molar-refractivity contribution in [3.8, 4) is 0 Å². The fourth-order valence-electron chi connectivity index (χ4n) is 6.34. The molecule has 4 aliphatic carbocycles. The van der Waals surface area contributed by atoms with Crippen LogP contribution in [0.5, 0.6) is 0 Å². The summed E-state index contributed by atoms with van der Waals surface area (Å²) >= 11 is 0. The van der Waals surface area contributed by atoms with Crippen molar-refractivity contribution in [3.05, 3.63) is 46.3 Å². The van der Waals surface area contributed by atoms with Gasteiger partial charge in [-0.3, -0.25) is 9.59 Å². The van der Waals surface area contributed by atoms with Gasteiger partial charge in [0.1, 0.15) is 5.58 Å². The Morgan fingerprint density at radius 2 is 1.73 bits per heavy atom. The third-order valence-electron chi connectivity index (χ3n) is 7.21. The lowest BCUT2D eigenvalue weighted by molar-refractivity contribution is -0.0688. The number of carbonyl (C=O) groups is 1. The van der Waals surface area contributed by atoms with E-state index in [2.05, 4.69) is 12.2 Å². The second kappa shape index (κ2) is 5.70. The summed E-state index contributed by atoms with van der Waals surface area (Å²) in [5, 5.41) is 3.69. The lowest BCUT2D eigenvalue weighted by atomic mass is 9.48. The minimum Gasteiger partial charge on any atom is -0.451 e. The molecular weight excluding hydrogens is 326 g/mol. The molecule has 0 spiro atoms. The largest absolute Gasteiger partial charge is 0.451 e. The van der Waals surface area contributed by atoms with Gasteiger partial charge in [0.05, 0.1) is 5.39 Å². The number of nitrogens with one attached hydrogen (secondary N) is 1. The van der Waals surface area contributed by atoms with E-state index in [-0.39, 0.29) is 28.6 Å². The SMILES string of the molecule is C[C@H](NC(=O)c1cc(=O)c2ccccc2o1)C12CC3CC(CC(C3)C1)C2. The summed E-state index contributed by atoms with van der Waals surface area (Å²) in [7, 11) is 0. The first-order valence-electron chi connectivity index (χ1n) is 9.86. The Hall–Kier alpha value is -2.10. The average Bonchev–Trinajstić information content (AvgIpc) is 2.60. The van der Waals surface area contributed by atoms with E-state index in [1.165, 1.54) is 44.6 Å². The van der Waals surface area contributed by atoms with E-state index in [4.69, 9.17) is 4.42 Å². The maximum atomic E-state index is 12.8. The van der Waals surface area contributed by atoms with E-state index >= 15 is 0 Å². The standard InChI is InChI=1S/C22H25NO3/c1-13(22-10-14-6-15(11-22)8-16(7-14)12-22)23-21(25)20-9-18(24)17-4-2-3-5-19(17)26-20/h2-5,9,13-16H,6-8,10-12H2,1H3,(H,23,25)/t13-,14?,15?,16?,22?/m0/s1. The molecular formula is C22H25NO3. The summed E-state index contributed by atoms with van der Waals surface area (Å²) in [6.45, 7) is 2.14. The Balaban J connectivity index is 1.39. The number of fused-ring (bicyclic) bond motifs is 1. The second-order valence-electron chi connectivity index (χ2n) is 8.95. The van der Waals surface area contributed by atoms with E-state index in [0.29, 0.717) is 11.0 Å². The zero-order valence-corrected chi connectivity index (χ0v) is 15.2. The summed E-state index contributed by atoms with van der Waals surface area (Å²) < 4.78 is 5.71. The highest BCUT2D eigenvalue weighted by Crippen LogP contribution is 2.61. The van der Waals surface area contributed by atoms with Crippen LogP contribution in [0.1, 0.15) is 56.0 Å². The van der Waals surface area contributed by atoms with E-state index in [9.17, 15) is 9.59 Å².